The van der Waals surface area contributed by atoms with E-state index in [0.29, 0.717) is 5.75 Å². The molecule has 7 heteroatoms. The van der Waals surface area contributed by atoms with Gasteiger partial charge < -0.3 is 15.2 Å². The molecule has 1 unspecified atom stereocenters. The van der Waals surface area contributed by atoms with Crippen LogP contribution >= 0.6 is 0 Å². The van der Waals surface area contributed by atoms with Crippen molar-refractivity contribution in [2.75, 3.05) is 6.61 Å². The van der Waals surface area contributed by atoms with Crippen LogP contribution in [0.4, 0.5) is 4.79 Å². The summed E-state index contributed by atoms with van der Waals surface area (Å²) in [6.45, 7) is 1.03. The maximum Gasteiger partial charge on any atom is 0.344 e. The van der Waals surface area contributed by atoms with E-state index in [1.807, 2.05) is 17.4 Å². The van der Waals surface area contributed by atoms with Gasteiger partial charge in [-0.25, -0.2) is 9.59 Å². The lowest BCUT2D eigenvalue weighted by Crippen LogP contribution is -2.42. The molecule has 0 aromatic heterocycles. The molecule has 0 saturated heterocycles. The highest BCUT2D eigenvalue weighted by Crippen LogP contribution is 2.25. The van der Waals surface area contributed by atoms with Crippen LogP contribution in [0.5, 0.6) is 5.75 Å². The van der Waals surface area contributed by atoms with Gasteiger partial charge in [-0.1, -0.05) is 6.07 Å². The molecular formula is C15H18N2O5. The summed E-state index contributed by atoms with van der Waals surface area (Å²) in [5.74, 6) is -0.891. The molecular weight excluding hydrogens is 288 g/mol. The smallest absolute Gasteiger partial charge is 0.344 e. The summed E-state index contributed by atoms with van der Waals surface area (Å²) in [7, 11) is 0. The third-order valence-corrected chi connectivity index (χ3v) is 3.35. The zero-order chi connectivity index (χ0) is 16.1. The number of amides is 3. The van der Waals surface area contributed by atoms with Gasteiger partial charge in [-0.2, -0.15) is 0 Å². The number of imide groups is 1. The van der Waals surface area contributed by atoms with Crippen LogP contribution in [-0.2, 0) is 27.2 Å². The van der Waals surface area contributed by atoms with Crippen molar-refractivity contribution < 1.29 is 23.9 Å². The van der Waals surface area contributed by atoms with Gasteiger partial charge >= 0.3 is 12.0 Å². The Balaban J connectivity index is 1.80. The number of rotatable bonds is 5. The second kappa shape index (κ2) is 6.93. The number of benzene rings is 1. The largest absolute Gasteiger partial charge is 0.482 e. The molecule has 0 heterocycles. The van der Waals surface area contributed by atoms with E-state index < -0.39 is 24.0 Å². The Morgan fingerprint density at radius 1 is 1.27 bits per heavy atom. The molecule has 1 aliphatic rings. The minimum absolute atomic E-state index is 0.313. The molecule has 1 aromatic rings. The molecule has 3 N–H and O–H groups in total. The van der Waals surface area contributed by atoms with Crippen LogP contribution in [-0.4, -0.2) is 30.6 Å². The molecule has 0 aliphatic heterocycles. The highest BCUT2D eigenvalue weighted by Gasteiger charge is 2.19. The van der Waals surface area contributed by atoms with E-state index >= 15 is 0 Å². The monoisotopic (exact) mass is 306 g/mol. The Hall–Kier alpha value is -2.57. The number of carbonyl (C=O) groups excluding carboxylic acids is 3. The number of carbonyl (C=O) groups is 3. The number of hydrogen-bond acceptors (Lipinski definition) is 5. The van der Waals surface area contributed by atoms with Gasteiger partial charge in [-0.05, 0) is 49.4 Å². The van der Waals surface area contributed by atoms with Gasteiger partial charge in [0.1, 0.15) is 5.75 Å². The Morgan fingerprint density at radius 2 is 2.00 bits per heavy atom. The fourth-order valence-electron chi connectivity index (χ4n) is 2.29. The maximum atomic E-state index is 11.6. The summed E-state index contributed by atoms with van der Waals surface area (Å²) in [6.07, 6.45) is 2.10. The number of urea groups is 1. The highest BCUT2D eigenvalue weighted by atomic mass is 16.6. The van der Waals surface area contributed by atoms with E-state index in [-0.39, 0.29) is 6.61 Å². The van der Waals surface area contributed by atoms with Crippen molar-refractivity contribution in [2.24, 2.45) is 5.73 Å². The van der Waals surface area contributed by atoms with Gasteiger partial charge in [0.05, 0.1) is 0 Å². The molecule has 1 atom stereocenters. The molecule has 0 radical (unpaired) electrons. The first-order valence-electron chi connectivity index (χ1n) is 7.00. The molecule has 3 amide bonds. The summed E-state index contributed by atoms with van der Waals surface area (Å²) < 4.78 is 10.2. The lowest BCUT2D eigenvalue weighted by molar-refractivity contribution is -0.156. The Morgan fingerprint density at radius 3 is 2.73 bits per heavy atom. The van der Waals surface area contributed by atoms with E-state index in [1.165, 1.54) is 18.1 Å². The number of ether oxygens (including phenoxy) is 2. The molecule has 22 heavy (non-hydrogen) atoms. The predicted octanol–water partition coefficient (Wildman–Crippen LogP) is 0.681. The molecule has 2 rings (SSSR count). The average Bonchev–Trinajstić information content (AvgIpc) is 2.91. The van der Waals surface area contributed by atoms with Crippen LogP contribution in [0.25, 0.3) is 0 Å². The third kappa shape index (κ3) is 4.21. The number of esters is 1. The van der Waals surface area contributed by atoms with E-state index in [2.05, 4.69) is 0 Å². The van der Waals surface area contributed by atoms with Crippen molar-refractivity contribution in [3.05, 3.63) is 29.3 Å². The minimum Gasteiger partial charge on any atom is -0.482 e. The molecule has 1 aliphatic carbocycles. The number of nitrogens with one attached hydrogen (secondary N) is 1. The first-order valence-corrected chi connectivity index (χ1v) is 7.00. The van der Waals surface area contributed by atoms with Gasteiger partial charge in [-0.15, -0.1) is 0 Å². The summed E-state index contributed by atoms with van der Waals surface area (Å²) >= 11 is 0. The number of nitrogens with two attached hydrogens (primary N) is 1. The van der Waals surface area contributed by atoms with Gasteiger partial charge in [0.15, 0.2) is 12.7 Å². The van der Waals surface area contributed by atoms with E-state index in [1.54, 1.807) is 6.07 Å². The molecule has 0 saturated carbocycles. The first-order chi connectivity index (χ1) is 10.5. The number of fused-ring (bicyclic) bond motifs is 1. The molecule has 0 bridgehead atoms. The third-order valence-electron chi connectivity index (χ3n) is 3.35. The Labute approximate surface area is 127 Å². The van der Waals surface area contributed by atoms with E-state index in [0.717, 1.165) is 19.3 Å². The summed E-state index contributed by atoms with van der Waals surface area (Å²) in [5, 5.41) is 1.83. The molecule has 7 nitrogen and oxygen atoms in total. The predicted molar refractivity (Wildman–Crippen MR) is 77.2 cm³/mol. The summed E-state index contributed by atoms with van der Waals surface area (Å²) in [5.41, 5.74) is 7.35. The normalized spacial score (nSPS) is 13.9. The molecule has 1 aromatic carbocycles. The second-order valence-corrected chi connectivity index (χ2v) is 5.06. The Bertz CT molecular complexity index is 600. The van der Waals surface area contributed by atoms with Gasteiger partial charge in [-0.3, -0.25) is 10.1 Å². The molecule has 118 valence electrons. The van der Waals surface area contributed by atoms with Crippen molar-refractivity contribution in [1.29, 1.82) is 0 Å². The summed E-state index contributed by atoms with van der Waals surface area (Å²) in [6, 6.07) is 4.72. The van der Waals surface area contributed by atoms with Crippen LogP contribution in [0.1, 0.15) is 24.5 Å². The van der Waals surface area contributed by atoms with Crippen LogP contribution in [0, 0.1) is 0 Å². The van der Waals surface area contributed by atoms with Crippen molar-refractivity contribution in [1.82, 2.24) is 5.32 Å². The lowest BCUT2D eigenvalue weighted by atomic mass is 10.1. The molecule has 0 fully saturated rings. The summed E-state index contributed by atoms with van der Waals surface area (Å²) in [4.78, 5) is 33.5. The quantitative estimate of drug-likeness (QED) is 0.778. The fraction of sp³-hybridized carbons (Fsp3) is 0.400. The zero-order valence-electron chi connectivity index (χ0n) is 12.3. The van der Waals surface area contributed by atoms with Crippen LogP contribution in [0.2, 0.25) is 0 Å². The number of hydrogen-bond donors (Lipinski definition) is 2. The Kier molecular flexibility index (Phi) is 4.98. The van der Waals surface area contributed by atoms with Gasteiger partial charge in [0.2, 0.25) is 0 Å². The highest BCUT2D eigenvalue weighted by molar-refractivity contribution is 5.96. The SMILES string of the molecule is CC(OC(=O)COc1ccc2c(c1)CCC2)C(=O)NC(N)=O. The van der Waals surface area contributed by atoms with E-state index in [9.17, 15) is 14.4 Å². The van der Waals surface area contributed by atoms with Gasteiger partial charge in [0.25, 0.3) is 5.91 Å². The lowest BCUT2D eigenvalue weighted by Gasteiger charge is -2.12. The fourth-order valence-corrected chi connectivity index (χ4v) is 2.29. The van der Waals surface area contributed by atoms with Gasteiger partial charge in [0, 0.05) is 0 Å². The zero-order valence-corrected chi connectivity index (χ0v) is 12.3. The van der Waals surface area contributed by atoms with Crippen LogP contribution in [0.3, 0.4) is 0 Å². The molecule has 0 spiro atoms. The standard InChI is InChI=1S/C15H18N2O5/c1-9(14(19)17-15(16)20)22-13(18)8-21-12-6-5-10-3-2-4-11(10)7-12/h5-7,9H,2-4,8H2,1H3,(H3,16,17,19,20). The average molecular weight is 306 g/mol. The van der Waals surface area contributed by atoms with E-state index in [4.69, 9.17) is 15.2 Å². The van der Waals surface area contributed by atoms with Crippen molar-refractivity contribution >= 4 is 17.9 Å². The van der Waals surface area contributed by atoms with Crippen molar-refractivity contribution in [2.45, 2.75) is 32.3 Å². The number of aryl methyl sites for hydroxylation is 2. The van der Waals surface area contributed by atoms with Crippen LogP contribution in [0.15, 0.2) is 18.2 Å². The van der Waals surface area contributed by atoms with Crippen molar-refractivity contribution in [3.63, 3.8) is 0 Å². The van der Waals surface area contributed by atoms with Crippen molar-refractivity contribution in [3.8, 4) is 5.75 Å². The topological polar surface area (TPSA) is 108 Å². The maximum absolute atomic E-state index is 11.6. The van der Waals surface area contributed by atoms with Crippen LogP contribution < -0.4 is 15.8 Å². The number of primary amides is 1. The second-order valence-electron chi connectivity index (χ2n) is 5.06. The first kappa shape index (κ1) is 15.8. The minimum atomic E-state index is -1.12.